The van der Waals surface area contributed by atoms with Crippen LogP contribution in [0.4, 0.5) is 0 Å². The van der Waals surface area contributed by atoms with E-state index in [0.29, 0.717) is 12.5 Å². The number of hydrogen-bond acceptors (Lipinski definition) is 4. The van der Waals surface area contributed by atoms with Gasteiger partial charge in [-0.05, 0) is 37.3 Å². The van der Waals surface area contributed by atoms with Crippen molar-refractivity contribution >= 4 is 17.7 Å². The lowest BCUT2D eigenvalue weighted by atomic mass is 10.0. The minimum atomic E-state index is 0.188. The molecule has 0 aliphatic carbocycles. The van der Waals surface area contributed by atoms with Gasteiger partial charge in [-0.3, -0.25) is 14.7 Å². The monoisotopic (exact) mass is 293 g/mol. The lowest BCUT2D eigenvalue weighted by Gasteiger charge is -2.33. The minimum absolute atomic E-state index is 0.188. The topological polar surface area (TPSA) is 45.2 Å². The van der Waals surface area contributed by atoms with Gasteiger partial charge in [0.05, 0.1) is 0 Å². The first-order valence-corrected chi connectivity index (χ1v) is 8.57. The molecule has 1 unspecified atom stereocenters. The van der Waals surface area contributed by atoms with Gasteiger partial charge in [0.2, 0.25) is 5.91 Å². The summed E-state index contributed by atoms with van der Waals surface area (Å²) in [6.07, 6.45) is 8.61. The van der Waals surface area contributed by atoms with Crippen molar-refractivity contribution < 1.29 is 4.79 Å². The number of thioether (sulfide) groups is 1. The number of carbonyl (C=O) groups excluding carboxylic acids is 1. The van der Waals surface area contributed by atoms with E-state index in [2.05, 4.69) is 21.3 Å². The van der Waals surface area contributed by atoms with E-state index < -0.39 is 0 Å². The Kier molecular flexibility index (Phi) is 6.33. The smallest absolute Gasteiger partial charge is 0.221 e. The highest BCUT2D eigenvalue weighted by molar-refractivity contribution is 7.98. The summed E-state index contributed by atoms with van der Waals surface area (Å²) in [5.41, 5.74) is 1.24. The summed E-state index contributed by atoms with van der Waals surface area (Å²) in [5, 5.41) is 3.16. The number of aromatic nitrogens is 1. The van der Waals surface area contributed by atoms with Crippen LogP contribution in [0.2, 0.25) is 0 Å². The number of rotatable bonds is 6. The molecule has 2 rings (SSSR count). The van der Waals surface area contributed by atoms with E-state index in [9.17, 15) is 4.79 Å². The molecule has 1 aromatic heterocycles. The highest BCUT2D eigenvalue weighted by Gasteiger charge is 2.21. The highest BCUT2D eigenvalue weighted by atomic mass is 32.2. The Morgan fingerprint density at radius 2 is 2.50 bits per heavy atom. The van der Waals surface area contributed by atoms with Crippen LogP contribution in [0, 0.1) is 0 Å². The van der Waals surface area contributed by atoms with Gasteiger partial charge in [-0.2, -0.15) is 11.8 Å². The second kappa shape index (κ2) is 8.27. The zero-order chi connectivity index (χ0) is 14.2. The molecule has 1 aliphatic rings. The summed E-state index contributed by atoms with van der Waals surface area (Å²) < 4.78 is 0. The Balaban J connectivity index is 1.78. The predicted molar refractivity (Wildman–Crippen MR) is 83.7 cm³/mol. The zero-order valence-electron chi connectivity index (χ0n) is 12.0. The minimum Gasteiger partial charge on any atom is -0.352 e. The van der Waals surface area contributed by atoms with Gasteiger partial charge >= 0.3 is 0 Å². The molecule has 1 N–H and O–H groups in total. The molecule has 1 amide bonds. The van der Waals surface area contributed by atoms with Crippen LogP contribution in [0.25, 0.3) is 0 Å². The van der Waals surface area contributed by atoms with Crippen molar-refractivity contribution in [1.29, 1.82) is 0 Å². The number of pyridine rings is 1. The molecule has 110 valence electrons. The molecular formula is C15H23N3OS. The van der Waals surface area contributed by atoms with Gasteiger partial charge in [0.25, 0.3) is 0 Å². The third-order valence-electron chi connectivity index (χ3n) is 3.53. The fourth-order valence-corrected chi connectivity index (χ4v) is 2.95. The summed E-state index contributed by atoms with van der Waals surface area (Å²) in [6, 6.07) is 4.38. The van der Waals surface area contributed by atoms with Gasteiger partial charge in [-0.1, -0.05) is 6.07 Å². The molecule has 1 saturated heterocycles. The zero-order valence-corrected chi connectivity index (χ0v) is 12.9. The van der Waals surface area contributed by atoms with Crippen LogP contribution in [0.1, 0.15) is 24.8 Å². The highest BCUT2D eigenvalue weighted by Crippen LogP contribution is 2.13. The number of piperidine rings is 1. The molecular weight excluding hydrogens is 270 g/mol. The van der Waals surface area contributed by atoms with Gasteiger partial charge < -0.3 is 5.32 Å². The van der Waals surface area contributed by atoms with Gasteiger partial charge in [0, 0.05) is 43.7 Å². The maximum absolute atomic E-state index is 11.8. The van der Waals surface area contributed by atoms with Crippen LogP contribution in [0.15, 0.2) is 24.5 Å². The van der Waals surface area contributed by atoms with E-state index in [1.54, 1.807) is 18.0 Å². The van der Waals surface area contributed by atoms with Crippen LogP contribution in [0.5, 0.6) is 0 Å². The normalized spacial score (nSPS) is 19.8. The summed E-state index contributed by atoms with van der Waals surface area (Å²) >= 11 is 1.72. The van der Waals surface area contributed by atoms with E-state index in [1.165, 1.54) is 5.56 Å². The van der Waals surface area contributed by atoms with Crippen molar-refractivity contribution in [3.63, 3.8) is 0 Å². The first-order valence-electron chi connectivity index (χ1n) is 7.17. The summed E-state index contributed by atoms with van der Waals surface area (Å²) in [5.74, 6) is 1.09. The van der Waals surface area contributed by atoms with E-state index in [4.69, 9.17) is 0 Å². The van der Waals surface area contributed by atoms with E-state index >= 15 is 0 Å². The van der Waals surface area contributed by atoms with Crippen molar-refractivity contribution in [2.24, 2.45) is 0 Å². The third kappa shape index (κ3) is 5.13. The van der Waals surface area contributed by atoms with Crippen molar-refractivity contribution in [1.82, 2.24) is 15.2 Å². The second-order valence-corrected chi connectivity index (χ2v) is 6.23. The Labute approximate surface area is 125 Å². The summed E-state index contributed by atoms with van der Waals surface area (Å²) in [7, 11) is 0. The molecule has 1 aliphatic heterocycles. The van der Waals surface area contributed by atoms with E-state index in [-0.39, 0.29) is 5.91 Å². The average Bonchev–Trinajstić information content (AvgIpc) is 2.46. The molecule has 0 spiro atoms. The third-order valence-corrected chi connectivity index (χ3v) is 4.15. The van der Waals surface area contributed by atoms with Crippen molar-refractivity contribution in [3.8, 4) is 0 Å². The molecule has 5 heteroatoms. The molecule has 1 atom stereocenters. The summed E-state index contributed by atoms with van der Waals surface area (Å²) in [6.45, 7) is 2.97. The quantitative estimate of drug-likeness (QED) is 0.870. The fourth-order valence-electron chi connectivity index (χ4n) is 2.56. The molecule has 0 bridgehead atoms. The maximum Gasteiger partial charge on any atom is 0.221 e. The van der Waals surface area contributed by atoms with Crippen molar-refractivity contribution in [2.75, 3.05) is 25.1 Å². The van der Waals surface area contributed by atoms with E-state index in [1.807, 2.05) is 18.5 Å². The largest absolute Gasteiger partial charge is 0.352 e. The lowest BCUT2D eigenvalue weighted by Crippen LogP contribution is -2.47. The average molecular weight is 293 g/mol. The maximum atomic E-state index is 11.8. The van der Waals surface area contributed by atoms with Crippen LogP contribution >= 0.6 is 11.8 Å². The predicted octanol–water partition coefficient (Wildman–Crippen LogP) is 1.92. The van der Waals surface area contributed by atoms with Gasteiger partial charge in [0.15, 0.2) is 0 Å². The van der Waals surface area contributed by atoms with Gasteiger partial charge in [0.1, 0.15) is 0 Å². The molecule has 1 aromatic rings. The SMILES string of the molecule is CSCCC(=O)NC1CCCN(Cc2cccnc2)C1. The summed E-state index contributed by atoms with van der Waals surface area (Å²) in [4.78, 5) is 18.3. The molecule has 4 nitrogen and oxygen atoms in total. The Morgan fingerprint density at radius 3 is 3.25 bits per heavy atom. The van der Waals surface area contributed by atoms with Crippen molar-refractivity contribution in [3.05, 3.63) is 30.1 Å². The number of nitrogens with one attached hydrogen (secondary N) is 1. The standard InChI is InChI=1S/C15H23N3OS/c1-20-9-6-15(19)17-14-5-3-8-18(12-14)11-13-4-2-7-16-10-13/h2,4,7,10,14H,3,5-6,8-9,11-12H2,1H3,(H,17,19). The fraction of sp³-hybridized carbons (Fsp3) is 0.600. The second-order valence-electron chi connectivity index (χ2n) is 5.25. The van der Waals surface area contributed by atoms with Gasteiger partial charge in [-0.25, -0.2) is 0 Å². The number of likely N-dealkylation sites (tertiary alicyclic amines) is 1. The number of nitrogens with zero attached hydrogens (tertiary/aromatic N) is 2. The number of hydrogen-bond donors (Lipinski definition) is 1. The van der Waals surface area contributed by atoms with Crippen molar-refractivity contribution in [2.45, 2.75) is 31.8 Å². The first-order chi connectivity index (χ1) is 9.78. The van der Waals surface area contributed by atoms with Crippen LogP contribution < -0.4 is 5.32 Å². The lowest BCUT2D eigenvalue weighted by molar-refractivity contribution is -0.121. The Hall–Kier alpha value is -1.07. The first kappa shape index (κ1) is 15.3. The number of carbonyl (C=O) groups is 1. The Morgan fingerprint density at radius 1 is 1.60 bits per heavy atom. The van der Waals surface area contributed by atoms with Gasteiger partial charge in [-0.15, -0.1) is 0 Å². The number of amides is 1. The molecule has 0 saturated carbocycles. The molecule has 2 heterocycles. The Bertz CT molecular complexity index is 413. The molecule has 0 radical (unpaired) electrons. The van der Waals surface area contributed by atoms with Crippen LogP contribution in [-0.2, 0) is 11.3 Å². The van der Waals surface area contributed by atoms with E-state index in [0.717, 1.165) is 38.2 Å². The molecule has 1 fully saturated rings. The van der Waals surface area contributed by atoms with Crippen LogP contribution in [0.3, 0.4) is 0 Å². The molecule has 0 aromatic carbocycles. The van der Waals surface area contributed by atoms with Crippen LogP contribution in [-0.4, -0.2) is 46.9 Å². The molecule has 20 heavy (non-hydrogen) atoms.